The molecule has 0 unspecified atom stereocenters. The fourth-order valence-corrected chi connectivity index (χ4v) is 2.75. The maximum atomic E-state index is 11.8. The Bertz CT molecular complexity index is 469. The Balaban J connectivity index is 2.75. The zero-order valence-electron chi connectivity index (χ0n) is 8.98. The van der Waals surface area contributed by atoms with Gasteiger partial charge in [0.1, 0.15) is 4.90 Å². The zero-order chi connectivity index (χ0) is 12.0. The largest absolute Gasteiger partial charge is 0.242 e. The minimum absolute atomic E-state index is 0.122. The quantitative estimate of drug-likeness (QED) is 0.653. The average molecular weight is 260 g/mol. The topological polar surface area (TPSA) is 46.2 Å². The molecule has 0 aliphatic carbocycles. The third-order valence-electron chi connectivity index (χ3n) is 1.96. The Morgan fingerprint density at radius 3 is 2.69 bits per heavy atom. The third-order valence-corrected chi connectivity index (χ3v) is 3.93. The van der Waals surface area contributed by atoms with Crippen molar-refractivity contribution in [1.82, 2.24) is 4.72 Å². The van der Waals surface area contributed by atoms with Crippen molar-refractivity contribution in [3.8, 4) is 0 Å². The van der Waals surface area contributed by atoms with E-state index >= 15 is 0 Å². The number of allylic oxidation sites excluding steroid dienone is 1. The molecule has 0 fully saturated rings. The second-order valence-corrected chi connectivity index (χ2v) is 5.33. The number of hydrogen-bond acceptors (Lipinski definition) is 2. The lowest BCUT2D eigenvalue weighted by atomic mass is 10.4. The summed E-state index contributed by atoms with van der Waals surface area (Å²) in [5.41, 5.74) is 0. The van der Waals surface area contributed by atoms with Gasteiger partial charge in [-0.05, 0) is 25.5 Å². The van der Waals surface area contributed by atoms with Gasteiger partial charge in [-0.2, -0.15) is 0 Å². The lowest BCUT2D eigenvalue weighted by molar-refractivity contribution is 0.582. The molecule has 0 aliphatic rings. The van der Waals surface area contributed by atoms with Crippen molar-refractivity contribution in [2.24, 2.45) is 0 Å². The zero-order valence-corrected chi connectivity index (χ0v) is 10.6. The summed E-state index contributed by atoms with van der Waals surface area (Å²) >= 11 is 5.82. The molecule has 88 valence electrons. The van der Waals surface area contributed by atoms with Crippen LogP contribution < -0.4 is 4.72 Å². The molecule has 0 saturated heterocycles. The highest BCUT2D eigenvalue weighted by Crippen LogP contribution is 2.19. The summed E-state index contributed by atoms with van der Waals surface area (Å²) in [4.78, 5) is 0.122. The van der Waals surface area contributed by atoms with Gasteiger partial charge >= 0.3 is 0 Å². The van der Waals surface area contributed by atoms with E-state index in [9.17, 15) is 8.42 Å². The Morgan fingerprint density at radius 2 is 2.06 bits per heavy atom. The van der Waals surface area contributed by atoms with Gasteiger partial charge in [-0.15, -0.1) is 0 Å². The van der Waals surface area contributed by atoms with E-state index in [0.29, 0.717) is 13.0 Å². The molecule has 3 nitrogen and oxygen atoms in total. The molecule has 16 heavy (non-hydrogen) atoms. The van der Waals surface area contributed by atoms with Gasteiger partial charge in [0.25, 0.3) is 0 Å². The molecule has 0 radical (unpaired) electrons. The minimum atomic E-state index is -3.49. The second kappa shape index (κ2) is 6.03. The van der Waals surface area contributed by atoms with E-state index in [0.717, 1.165) is 0 Å². The smallest absolute Gasteiger partial charge is 0.211 e. The van der Waals surface area contributed by atoms with Crippen LogP contribution in [0.5, 0.6) is 0 Å². The molecule has 0 amide bonds. The maximum Gasteiger partial charge on any atom is 0.242 e. The summed E-state index contributed by atoms with van der Waals surface area (Å²) in [6, 6.07) is 6.38. The first-order chi connectivity index (χ1) is 7.58. The highest BCUT2D eigenvalue weighted by molar-refractivity contribution is 7.89. The molecule has 0 heterocycles. The van der Waals surface area contributed by atoms with E-state index in [1.165, 1.54) is 6.07 Å². The Kier molecular flexibility index (Phi) is 4.99. The summed E-state index contributed by atoms with van der Waals surface area (Å²) in [5.74, 6) is 0. The van der Waals surface area contributed by atoms with Crippen molar-refractivity contribution in [2.45, 2.75) is 18.2 Å². The molecule has 0 saturated carbocycles. The Labute approximate surface area is 101 Å². The van der Waals surface area contributed by atoms with E-state index in [1.807, 2.05) is 19.1 Å². The second-order valence-electron chi connectivity index (χ2n) is 3.19. The summed E-state index contributed by atoms with van der Waals surface area (Å²) in [6.45, 7) is 2.26. The van der Waals surface area contributed by atoms with Crippen LogP contribution in [-0.4, -0.2) is 15.0 Å². The molecule has 0 atom stereocenters. The van der Waals surface area contributed by atoms with Gasteiger partial charge in [0, 0.05) is 6.54 Å². The van der Waals surface area contributed by atoms with Crippen molar-refractivity contribution in [2.75, 3.05) is 6.54 Å². The molecular weight excluding hydrogens is 246 g/mol. The highest BCUT2D eigenvalue weighted by Gasteiger charge is 2.15. The number of benzene rings is 1. The highest BCUT2D eigenvalue weighted by atomic mass is 35.5. The van der Waals surface area contributed by atoms with Crippen LogP contribution in [-0.2, 0) is 10.0 Å². The van der Waals surface area contributed by atoms with Crippen molar-refractivity contribution < 1.29 is 8.42 Å². The number of nitrogens with one attached hydrogen (secondary N) is 1. The average Bonchev–Trinajstić information content (AvgIpc) is 2.25. The van der Waals surface area contributed by atoms with Crippen LogP contribution in [0.3, 0.4) is 0 Å². The first kappa shape index (κ1) is 13.2. The third kappa shape index (κ3) is 3.63. The van der Waals surface area contributed by atoms with E-state index < -0.39 is 10.0 Å². The van der Waals surface area contributed by atoms with Crippen LogP contribution in [0.2, 0.25) is 5.02 Å². The first-order valence-electron chi connectivity index (χ1n) is 4.93. The molecule has 0 spiro atoms. The summed E-state index contributed by atoms with van der Waals surface area (Å²) < 4.78 is 26.1. The monoisotopic (exact) mass is 259 g/mol. The van der Waals surface area contributed by atoms with E-state index in [2.05, 4.69) is 4.72 Å². The van der Waals surface area contributed by atoms with Crippen molar-refractivity contribution in [3.05, 3.63) is 41.4 Å². The summed E-state index contributed by atoms with van der Waals surface area (Å²) in [7, 11) is -3.49. The van der Waals surface area contributed by atoms with Gasteiger partial charge in [-0.1, -0.05) is 35.9 Å². The van der Waals surface area contributed by atoms with Crippen LogP contribution in [0.25, 0.3) is 0 Å². The number of rotatable bonds is 5. The number of halogens is 1. The molecular formula is C11H14ClNO2S. The van der Waals surface area contributed by atoms with Crippen molar-refractivity contribution >= 4 is 21.6 Å². The van der Waals surface area contributed by atoms with Gasteiger partial charge in [0.2, 0.25) is 10.0 Å². The predicted octanol–water partition coefficient (Wildman–Crippen LogP) is 2.58. The van der Waals surface area contributed by atoms with Gasteiger partial charge < -0.3 is 0 Å². The molecule has 0 aliphatic heterocycles. The SMILES string of the molecule is C/C=C/CCNS(=O)(=O)c1ccccc1Cl. The van der Waals surface area contributed by atoms with Crippen LogP contribution in [0.1, 0.15) is 13.3 Å². The van der Waals surface area contributed by atoms with E-state index in [1.54, 1.807) is 18.2 Å². The van der Waals surface area contributed by atoms with Gasteiger partial charge in [-0.3, -0.25) is 0 Å². The predicted molar refractivity (Wildman–Crippen MR) is 66.1 cm³/mol. The lowest BCUT2D eigenvalue weighted by Gasteiger charge is -2.06. The molecule has 1 rings (SSSR count). The molecule has 1 N–H and O–H groups in total. The molecule has 0 bridgehead atoms. The Hall–Kier alpha value is -0.840. The van der Waals surface area contributed by atoms with Gasteiger partial charge in [0.15, 0.2) is 0 Å². The van der Waals surface area contributed by atoms with Crippen LogP contribution in [0.15, 0.2) is 41.3 Å². The summed E-state index contributed by atoms with van der Waals surface area (Å²) in [5, 5.41) is 0.237. The van der Waals surface area contributed by atoms with E-state index in [4.69, 9.17) is 11.6 Å². The number of sulfonamides is 1. The normalized spacial score (nSPS) is 12.1. The maximum absolute atomic E-state index is 11.8. The van der Waals surface area contributed by atoms with Crippen molar-refractivity contribution in [3.63, 3.8) is 0 Å². The summed E-state index contributed by atoms with van der Waals surface area (Å²) in [6.07, 6.45) is 4.44. The molecule has 0 aromatic heterocycles. The van der Waals surface area contributed by atoms with Crippen LogP contribution >= 0.6 is 11.6 Å². The van der Waals surface area contributed by atoms with Crippen LogP contribution in [0.4, 0.5) is 0 Å². The molecule has 5 heteroatoms. The minimum Gasteiger partial charge on any atom is -0.211 e. The van der Waals surface area contributed by atoms with Gasteiger partial charge in [-0.25, -0.2) is 13.1 Å². The molecule has 1 aromatic rings. The van der Waals surface area contributed by atoms with Crippen molar-refractivity contribution in [1.29, 1.82) is 0 Å². The van der Waals surface area contributed by atoms with E-state index in [-0.39, 0.29) is 9.92 Å². The van der Waals surface area contributed by atoms with Crippen LogP contribution in [0, 0.1) is 0 Å². The standard InChI is InChI=1S/C11H14ClNO2S/c1-2-3-6-9-13-16(14,15)11-8-5-4-7-10(11)12/h2-5,7-8,13H,6,9H2,1H3/b3-2+. The molecule has 1 aromatic carbocycles. The lowest BCUT2D eigenvalue weighted by Crippen LogP contribution is -2.24. The number of hydrogen-bond donors (Lipinski definition) is 1. The fraction of sp³-hybridized carbons (Fsp3) is 0.273. The van der Waals surface area contributed by atoms with Gasteiger partial charge in [0.05, 0.1) is 5.02 Å². The first-order valence-corrected chi connectivity index (χ1v) is 6.79. The fourth-order valence-electron chi connectivity index (χ4n) is 1.18. The Morgan fingerprint density at radius 1 is 1.38 bits per heavy atom.